The van der Waals surface area contributed by atoms with Crippen LogP contribution in [0.4, 0.5) is 0 Å². The van der Waals surface area contributed by atoms with E-state index in [9.17, 15) is 8.42 Å². The van der Waals surface area contributed by atoms with E-state index >= 15 is 0 Å². The van der Waals surface area contributed by atoms with Gasteiger partial charge in [-0.1, -0.05) is 60.1 Å². The Morgan fingerprint density at radius 2 is 1.72 bits per heavy atom. The predicted molar refractivity (Wildman–Crippen MR) is 118 cm³/mol. The minimum absolute atomic E-state index is 0.252. The van der Waals surface area contributed by atoms with Crippen LogP contribution in [-0.4, -0.2) is 29.6 Å². The largest absolute Gasteiger partial charge is 0.265 e. The lowest BCUT2D eigenvalue weighted by Gasteiger charge is -2.15. The minimum atomic E-state index is -3.55. The Labute approximate surface area is 177 Å². The van der Waals surface area contributed by atoms with Crippen molar-refractivity contribution in [2.75, 3.05) is 7.05 Å². The van der Waals surface area contributed by atoms with Gasteiger partial charge in [0.25, 0.3) is 0 Å². The quantitative estimate of drug-likeness (QED) is 0.550. The summed E-state index contributed by atoms with van der Waals surface area (Å²) < 4.78 is 28.5. The highest BCUT2D eigenvalue weighted by Gasteiger charge is 2.20. The molecule has 2 aromatic carbocycles. The number of aromatic nitrogens is 2. The molecule has 0 amide bonds. The van der Waals surface area contributed by atoms with Gasteiger partial charge in [-0.3, -0.25) is 4.68 Å². The fourth-order valence-corrected chi connectivity index (χ4v) is 4.09. The Kier molecular flexibility index (Phi) is 6.57. The van der Waals surface area contributed by atoms with Crippen LogP contribution >= 0.6 is 11.6 Å². The van der Waals surface area contributed by atoms with Gasteiger partial charge in [0, 0.05) is 35.3 Å². The van der Waals surface area contributed by atoms with Gasteiger partial charge in [-0.25, -0.2) is 8.42 Å². The van der Waals surface area contributed by atoms with Gasteiger partial charge in [-0.2, -0.15) is 9.40 Å². The van der Waals surface area contributed by atoms with Crippen molar-refractivity contribution in [2.45, 2.75) is 26.9 Å². The number of sulfonamides is 1. The summed E-state index contributed by atoms with van der Waals surface area (Å²) in [7, 11) is -1.97. The topological polar surface area (TPSA) is 55.2 Å². The van der Waals surface area contributed by atoms with E-state index in [1.165, 1.54) is 9.71 Å². The maximum Gasteiger partial charge on any atom is 0.236 e. The molecular weight excluding hydrogens is 406 g/mol. The van der Waals surface area contributed by atoms with Gasteiger partial charge in [0.1, 0.15) is 0 Å². The second-order valence-corrected chi connectivity index (χ2v) is 9.25. The molecule has 0 fully saturated rings. The number of halogens is 1. The molecule has 152 valence electrons. The summed E-state index contributed by atoms with van der Waals surface area (Å²) in [5.41, 5.74) is 4.44. The predicted octanol–water partition coefficient (Wildman–Crippen LogP) is 4.63. The second-order valence-electron chi connectivity index (χ2n) is 6.91. The van der Waals surface area contributed by atoms with E-state index in [1.807, 2.05) is 73.1 Å². The summed E-state index contributed by atoms with van der Waals surface area (Å²) in [6.45, 7) is 4.64. The summed E-state index contributed by atoms with van der Waals surface area (Å²) in [6.07, 6.45) is 1.60. The zero-order valence-corrected chi connectivity index (χ0v) is 18.3. The van der Waals surface area contributed by atoms with Gasteiger partial charge < -0.3 is 0 Å². The molecule has 29 heavy (non-hydrogen) atoms. The number of hydrogen-bond donors (Lipinski definition) is 0. The van der Waals surface area contributed by atoms with Crippen LogP contribution in [0.1, 0.15) is 28.1 Å². The van der Waals surface area contributed by atoms with E-state index in [-0.39, 0.29) is 6.54 Å². The highest BCUT2D eigenvalue weighted by atomic mass is 35.5. The van der Waals surface area contributed by atoms with Gasteiger partial charge in [0.05, 0.1) is 12.2 Å². The zero-order chi connectivity index (χ0) is 21.0. The first-order valence-corrected chi connectivity index (χ1v) is 11.1. The number of nitrogens with zero attached hydrogens (tertiary/aromatic N) is 3. The second kappa shape index (κ2) is 8.95. The molecule has 0 atom stereocenters. The van der Waals surface area contributed by atoms with Gasteiger partial charge in [-0.05, 0) is 37.1 Å². The van der Waals surface area contributed by atoms with Crippen molar-refractivity contribution in [3.05, 3.63) is 93.1 Å². The van der Waals surface area contributed by atoms with Crippen LogP contribution < -0.4 is 0 Å². The standard InChI is InChI=1S/C22H24ClN3O2S/c1-17-21(18(2)26(24-17)15-20-11-7-8-12-22(20)23)16-25(3)29(27,28)14-13-19-9-5-4-6-10-19/h4-14H,15-16H2,1-3H3/b14-13+. The fraction of sp³-hybridized carbons (Fsp3) is 0.227. The fourth-order valence-electron chi connectivity index (χ4n) is 3.05. The van der Waals surface area contributed by atoms with E-state index in [0.29, 0.717) is 11.6 Å². The van der Waals surface area contributed by atoms with Crippen LogP contribution in [0.15, 0.2) is 60.0 Å². The first-order chi connectivity index (χ1) is 13.8. The number of rotatable bonds is 7. The van der Waals surface area contributed by atoms with E-state index in [2.05, 4.69) is 5.10 Å². The zero-order valence-electron chi connectivity index (χ0n) is 16.7. The Balaban J connectivity index is 1.78. The molecule has 0 bridgehead atoms. The van der Waals surface area contributed by atoms with Crippen molar-refractivity contribution in [1.82, 2.24) is 14.1 Å². The Hall–Kier alpha value is -2.41. The first-order valence-electron chi connectivity index (χ1n) is 9.23. The maximum atomic E-state index is 12.7. The normalized spacial score (nSPS) is 12.2. The molecule has 1 aromatic heterocycles. The number of hydrogen-bond acceptors (Lipinski definition) is 3. The highest BCUT2D eigenvalue weighted by molar-refractivity contribution is 7.92. The van der Waals surface area contributed by atoms with Gasteiger partial charge in [0.15, 0.2) is 0 Å². The molecule has 7 heteroatoms. The van der Waals surface area contributed by atoms with Crippen LogP contribution in [0.5, 0.6) is 0 Å². The van der Waals surface area contributed by atoms with E-state index in [4.69, 9.17) is 11.6 Å². The Bertz CT molecular complexity index is 1120. The molecule has 3 aromatic rings. The average molecular weight is 430 g/mol. The van der Waals surface area contributed by atoms with Crippen molar-refractivity contribution in [3.8, 4) is 0 Å². The van der Waals surface area contributed by atoms with Crippen LogP contribution in [-0.2, 0) is 23.1 Å². The first kappa shape index (κ1) is 21.3. The summed E-state index contributed by atoms with van der Waals surface area (Å²) in [5.74, 6) is 0. The lowest BCUT2D eigenvalue weighted by atomic mass is 10.2. The molecule has 0 saturated heterocycles. The monoisotopic (exact) mass is 429 g/mol. The average Bonchev–Trinajstić information content (AvgIpc) is 2.96. The van der Waals surface area contributed by atoms with E-state index < -0.39 is 10.0 Å². The molecule has 0 saturated carbocycles. The third kappa shape index (κ3) is 5.15. The van der Waals surface area contributed by atoms with Crippen LogP contribution in [0, 0.1) is 13.8 Å². The summed E-state index contributed by atoms with van der Waals surface area (Å²) in [5, 5.41) is 6.52. The summed E-state index contributed by atoms with van der Waals surface area (Å²) in [4.78, 5) is 0. The minimum Gasteiger partial charge on any atom is -0.265 e. The van der Waals surface area contributed by atoms with Crippen LogP contribution in [0.3, 0.4) is 0 Å². The number of aryl methyl sites for hydroxylation is 1. The lowest BCUT2D eigenvalue weighted by molar-refractivity contribution is 0.473. The molecule has 1 heterocycles. The highest BCUT2D eigenvalue weighted by Crippen LogP contribution is 2.21. The van der Waals surface area contributed by atoms with Crippen molar-refractivity contribution in [2.24, 2.45) is 0 Å². The molecule has 0 spiro atoms. The molecular formula is C22H24ClN3O2S. The molecule has 0 unspecified atom stereocenters. The van der Waals surface area contributed by atoms with Crippen LogP contribution in [0.25, 0.3) is 6.08 Å². The van der Waals surface area contributed by atoms with Crippen molar-refractivity contribution >= 4 is 27.7 Å². The Morgan fingerprint density at radius 1 is 1.07 bits per heavy atom. The molecule has 0 aliphatic rings. The third-order valence-electron chi connectivity index (χ3n) is 4.86. The van der Waals surface area contributed by atoms with Crippen molar-refractivity contribution in [1.29, 1.82) is 0 Å². The van der Waals surface area contributed by atoms with Crippen LogP contribution in [0.2, 0.25) is 5.02 Å². The lowest BCUT2D eigenvalue weighted by Crippen LogP contribution is -2.25. The molecule has 0 aliphatic heterocycles. The third-order valence-corrected chi connectivity index (χ3v) is 6.70. The molecule has 0 radical (unpaired) electrons. The van der Waals surface area contributed by atoms with Crippen molar-refractivity contribution in [3.63, 3.8) is 0 Å². The smallest absolute Gasteiger partial charge is 0.236 e. The summed E-state index contributed by atoms with van der Waals surface area (Å²) in [6, 6.07) is 17.0. The summed E-state index contributed by atoms with van der Waals surface area (Å²) >= 11 is 6.27. The Morgan fingerprint density at radius 3 is 2.41 bits per heavy atom. The molecule has 3 rings (SSSR count). The maximum absolute atomic E-state index is 12.7. The SMILES string of the molecule is Cc1nn(Cc2ccccc2Cl)c(C)c1CN(C)S(=O)(=O)/C=C/c1ccccc1. The number of benzene rings is 2. The van der Waals surface area contributed by atoms with Crippen molar-refractivity contribution < 1.29 is 8.42 Å². The van der Waals surface area contributed by atoms with Gasteiger partial charge >= 0.3 is 0 Å². The van der Waals surface area contributed by atoms with Gasteiger partial charge in [-0.15, -0.1) is 0 Å². The molecule has 5 nitrogen and oxygen atoms in total. The molecule has 0 aliphatic carbocycles. The van der Waals surface area contributed by atoms with Gasteiger partial charge in [0.2, 0.25) is 10.0 Å². The van der Waals surface area contributed by atoms with E-state index in [0.717, 1.165) is 28.1 Å². The molecule has 0 N–H and O–H groups in total. The van der Waals surface area contributed by atoms with E-state index in [1.54, 1.807) is 13.1 Å².